The van der Waals surface area contributed by atoms with E-state index in [1.165, 1.54) is 0 Å². The number of hydrogen-bond donors (Lipinski definition) is 1. The van der Waals surface area contributed by atoms with Crippen LogP contribution in [0.3, 0.4) is 0 Å². The number of nitrogens with one attached hydrogen (secondary N) is 1. The van der Waals surface area contributed by atoms with E-state index in [0.29, 0.717) is 17.6 Å². The molecule has 0 atom stereocenters. The van der Waals surface area contributed by atoms with Crippen molar-refractivity contribution in [2.45, 2.75) is 19.9 Å². The van der Waals surface area contributed by atoms with Gasteiger partial charge in [-0.1, -0.05) is 0 Å². The molecule has 0 aliphatic rings. The van der Waals surface area contributed by atoms with Crippen molar-refractivity contribution in [1.29, 1.82) is 0 Å². The average molecular weight is 234 g/mol. The molecule has 17 heavy (non-hydrogen) atoms. The molecule has 0 saturated heterocycles. The maximum Gasteiger partial charge on any atom is 0.262 e. The summed E-state index contributed by atoms with van der Waals surface area (Å²) in [7, 11) is 4.06. The molecule has 1 N–H and O–H groups in total. The van der Waals surface area contributed by atoms with Gasteiger partial charge in [0.2, 0.25) is 0 Å². The third-order valence-electron chi connectivity index (χ3n) is 2.75. The van der Waals surface area contributed by atoms with Crippen LogP contribution < -0.4 is 5.56 Å². The number of aryl methyl sites for hydroxylation is 2. The van der Waals surface area contributed by atoms with Crippen LogP contribution in [0, 0.1) is 6.92 Å². The van der Waals surface area contributed by atoms with Crippen molar-refractivity contribution in [3.63, 3.8) is 0 Å². The van der Waals surface area contributed by atoms with Gasteiger partial charge in [0.15, 0.2) is 0 Å². The summed E-state index contributed by atoms with van der Waals surface area (Å²) in [5.41, 5.74) is 1.69. The fourth-order valence-corrected chi connectivity index (χ4v) is 1.89. The zero-order valence-electron chi connectivity index (χ0n) is 10.5. The lowest BCUT2D eigenvalue weighted by Gasteiger charge is -2.09. The topological polar surface area (TPSA) is 53.9 Å². The van der Waals surface area contributed by atoms with Gasteiger partial charge in [0.25, 0.3) is 5.56 Å². The molecule has 2 aromatic rings. The number of hydrogen-bond acceptors (Lipinski definition) is 3. The van der Waals surface area contributed by atoms with Crippen molar-refractivity contribution in [2.24, 2.45) is 0 Å². The Balaban J connectivity index is 2.23. The fraction of sp³-hybridized carbons (Fsp3) is 0.500. The van der Waals surface area contributed by atoms with Gasteiger partial charge in [-0.3, -0.25) is 9.36 Å². The van der Waals surface area contributed by atoms with Crippen LogP contribution in [0.1, 0.15) is 12.1 Å². The van der Waals surface area contributed by atoms with Crippen LogP contribution in [0.2, 0.25) is 0 Å². The van der Waals surface area contributed by atoms with E-state index in [4.69, 9.17) is 0 Å². The number of fused-ring (bicyclic) bond motifs is 1. The molecular formula is C12H18N4O. The Hall–Kier alpha value is -1.62. The molecule has 5 heteroatoms. The zero-order valence-corrected chi connectivity index (χ0v) is 10.5. The number of H-pyrrole nitrogens is 1. The summed E-state index contributed by atoms with van der Waals surface area (Å²) in [5, 5.41) is 0.676. The third kappa shape index (κ3) is 2.55. The molecule has 0 bridgehead atoms. The molecule has 2 rings (SSSR count). The molecular weight excluding hydrogens is 216 g/mol. The summed E-state index contributed by atoms with van der Waals surface area (Å²) in [6.45, 7) is 3.61. The molecule has 0 aliphatic heterocycles. The van der Waals surface area contributed by atoms with Gasteiger partial charge in [-0.2, -0.15) is 0 Å². The minimum Gasteiger partial charge on any atom is -0.343 e. The molecule has 2 heterocycles. The average Bonchev–Trinajstić information content (AvgIpc) is 2.63. The molecule has 2 aromatic heterocycles. The molecule has 0 unspecified atom stereocenters. The van der Waals surface area contributed by atoms with E-state index in [-0.39, 0.29) is 5.56 Å². The lowest BCUT2D eigenvalue weighted by molar-refractivity contribution is 0.384. The van der Waals surface area contributed by atoms with Crippen molar-refractivity contribution < 1.29 is 0 Å². The van der Waals surface area contributed by atoms with E-state index < -0.39 is 0 Å². The molecule has 0 spiro atoms. The number of aromatic nitrogens is 3. The Labute approximate surface area is 100 Å². The standard InChI is InChI=1S/C12H18N4O/c1-9-7-10-11(14-9)13-8-16(12(10)17)6-4-5-15(2)3/h7-8,14H,4-6H2,1-3H3. The second kappa shape index (κ2) is 4.71. The summed E-state index contributed by atoms with van der Waals surface area (Å²) in [6, 6.07) is 1.85. The van der Waals surface area contributed by atoms with Gasteiger partial charge in [-0.25, -0.2) is 4.98 Å². The van der Waals surface area contributed by atoms with E-state index in [1.54, 1.807) is 10.9 Å². The fourth-order valence-electron chi connectivity index (χ4n) is 1.89. The minimum absolute atomic E-state index is 0.0399. The first-order valence-corrected chi connectivity index (χ1v) is 5.77. The minimum atomic E-state index is 0.0399. The highest BCUT2D eigenvalue weighted by molar-refractivity contribution is 5.74. The van der Waals surface area contributed by atoms with Gasteiger partial charge in [0.05, 0.1) is 11.7 Å². The van der Waals surface area contributed by atoms with Crippen LogP contribution >= 0.6 is 0 Å². The molecule has 5 nitrogen and oxygen atoms in total. The van der Waals surface area contributed by atoms with E-state index >= 15 is 0 Å². The summed E-state index contributed by atoms with van der Waals surface area (Å²) in [6.07, 6.45) is 2.57. The lowest BCUT2D eigenvalue weighted by atomic mass is 10.3. The summed E-state index contributed by atoms with van der Waals surface area (Å²) < 4.78 is 1.68. The normalized spacial score (nSPS) is 11.5. The van der Waals surface area contributed by atoms with Crippen molar-refractivity contribution in [2.75, 3.05) is 20.6 Å². The highest BCUT2D eigenvalue weighted by Crippen LogP contribution is 2.07. The van der Waals surface area contributed by atoms with Crippen LogP contribution in [0.4, 0.5) is 0 Å². The maximum atomic E-state index is 12.1. The van der Waals surface area contributed by atoms with Crippen LogP contribution in [-0.2, 0) is 6.54 Å². The van der Waals surface area contributed by atoms with Gasteiger partial charge >= 0.3 is 0 Å². The first kappa shape index (κ1) is 11.9. The third-order valence-corrected chi connectivity index (χ3v) is 2.75. The van der Waals surface area contributed by atoms with Gasteiger partial charge < -0.3 is 9.88 Å². The number of rotatable bonds is 4. The van der Waals surface area contributed by atoms with Gasteiger partial charge in [-0.05, 0) is 40.1 Å². The van der Waals surface area contributed by atoms with Crippen LogP contribution in [-0.4, -0.2) is 40.1 Å². The Morgan fingerprint density at radius 2 is 2.24 bits per heavy atom. The van der Waals surface area contributed by atoms with E-state index in [2.05, 4.69) is 14.9 Å². The number of nitrogens with zero attached hydrogens (tertiary/aromatic N) is 3. The zero-order chi connectivity index (χ0) is 12.4. The van der Waals surface area contributed by atoms with Crippen LogP contribution in [0.15, 0.2) is 17.2 Å². The smallest absolute Gasteiger partial charge is 0.262 e. The van der Waals surface area contributed by atoms with E-state index in [9.17, 15) is 4.79 Å². The van der Waals surface area contributed by atoms with Gasteiger partial charge in [-0.15, -0.1) is 0 Å². The quantitative estimate of drug-likeness (QED) is 0.858. The Kier molecular flexibility index (Phi) is 3.28. The molecule has 92 valence electrons. The lowest BCUT2D eigenvalue weighted by Crippen LogP contribution is -2.22. The monoisotopic (exact) mass is 234 g/mol. The molecule has 0 aliphatic carbocycles. The Morgan fingerprint density at radius 3 is 2.94 bits per heavy atom. The molecule has 0 saturated carbocycles. The molecule has 0 amide bonds. The highest BCUT2D eigenvalue weighted by atomic mass is 16.1. The van der Waals surface area contributed by atoms with Gasteiger partial charge in [0, 0.05) is 12.2 Å². The van der Waals surface area contributed by atoms with Crippen LogP contribution in [0.25, 0.3) is 11.0 Å². The largest absolute Gasteiger partial charge is 0.343 e. The molecule has 0 fully saturated rings. The van der Waals surface area contributed by atoms with Crippen molar-refractivity contribution >= 4 is 11.0 Å². The van der Waals surface area contributed by atoms with Crippen LogP contribution in [0.5, 0.6) is 0 Å². The van der Waals surface area contributed by atoms with Crippen molar-refractivity contribution in [3.05, 3.63) is 28.4 Å². The first-order valence-electron chi connectivity index (χ1n) is 5.77. The summed E-state index contributed by atoms with van der Waals surface area (Å²) in [4.78, 5) is 21.5. The molecule has 0 radical (unpaired) electrons. The predicted octanol–water partition coefficient (Wildman–Crippen LogP) is 0.985. The maximum absolute atomic E-state index is 12.1. The summed E-state index contributed by atoms with van der Waals surface area (Å²) >= 11 is 0. The predicted molar refractivity (Wildman–Crippen MR) is 68.3 cm³/mol. The van der Waals surface area contributed by atoms with Crippen molar-refractivity contribution in [3.8, 4) is 0 Å². The molecule has 0 aromatic carbocycles. The Morgan fingerprint density at radius 1 is 1.47 bits per heavy atom. The summed E-state index contributed by atoms with van der Waals surface area (Å²) in [5.74, 6) is 0. The van der Waals surface area contributed by atoms with Crippen molar-refractivity contribution in [1.82, 2.24) is 19.4 Å². The second-order valence-electron chi connectivity index (χ2n) is 4.61. The number of aromatic amines is 1. The van der Waals surface area contributed by atoms with Gasteiger partial charge in [0.1, 0.15) is 5.65 Å². The Bertz CT molecular complexity index is 567. The highest BCUT2D eigenvalue weighted by Gasteiger charge is 2.06. The van der Waals surface area contributed by atoms with E-state index in [1.807, 2.05) is 27.1 Å². The second-order valence-corrected chi connectivity index (χ2v) is 4.61. The van der Waals surface area contributed by atoms with E-state index in [0.717, 1.165) is 18.7 Å². The SMILES string of the molecule is Cc1cc2c(=O)n(CCCN(C)C)cnc2[nH]1. The first-order chi connectivity index (χ1) is 8.08.